The molecule has 1 aromatic heterocycles. The average Bonchev–Trinajstić information content (AvgIpc) is 2.54. The van der Waals surface area contributed by atoms with Crippen molar-refractivity contribution in [2.24, 2.45) is 0 Å². The molecular weight excluding hydrogens is 268 g/mol. The minimum Gasteiger partial charge on any atom is -0.487 e. The molecule has 0 aliphatic heterocycles. The summed E-state index contributed by atoms with van der Waals surface area (Å²) in [6, 6.07) is 13.0. The molecule has 0 saturated carbocycles. The first-order valence-corrected chi connectivity index (χ1v) is 6.63. The Kier molecular flexibility index (Phi) is 5.29. The Bertz CT molecular complexity index is 597. The Balaban J connectivity index is 1.97. The van der Waals surface area contributed by atoms with Gasteiger partial charge in [0.25, 0.3) is 0 Å². The Hall–Kier alpha value is -2.40. The number of esters is 1. The number of carbonyl (C=O) groups excluding carboxylic acids is 1. The summed E-state index contributed by atoms with van der Waals surface area (Å²) in [7, 11) is 3.24. The van der Waals surface area contributed by atoms with Gasteiger partial charge in [0.05, 0.1) is 12.8 Å². The Morgan fingerprint density at radius 2 is 1.95 bits per heavy atom. The first-order valence-electron chi connectivity index (χ1n) is 6.63. The largest absolute Gasteiger partial charge is 0.487 e. The smallest absolute Gasteiger partial charge is 0.356 e. The van der Waals surface area contributed by atoms with Crippen molar-refractivity contribution >= 4 is 5.97 Å². The lowest BCUT2D eigenvalue weighted by Crippen LogP contribution is -2.07. The van der Waals surface area contributed by atoms with Crippen LogP contribution in [0.3, 0.4) is 0 Å². The van der Waals surface area contributed by atoms with Gasteiger partial charge < -0.3 is 14.8 Å². The normalized spacial score (nSPS) is 10.2. The fourth-order valence-electron chi connectivity index (χ4n) is 1.84. The molecule has 1 N–H and O–H groups in total. The summed E-state index contributed by atoms with van der Waals surface area (Å²) >= 11 is 0. The van der Waals surface area contributed by atoms with Gasteiger partial charge in [-0.15, -0.1) is 0 Å². The van der Waals surface area contributed by atoms with Crippen molar-refractivity contribution in [3.05, 3.63) is 59.4 Å². The molecule has 5 heteroatoms. The van der Waals surface area contributed by atoms with E-state index in [1.807, 2.05) is 37.4 Å². The second-order valence-corrected chi connectivity index (χ2v) is 4.47. The summed E-state index contributed by atoms with van der Waals surface area (Å²) in [5, 5.41) is 3.09. The number of hydrogen-bond donors (Lipinski definition) is 1. The van der Waals surface area contributed by atoms with E-state index in [0.717, 1.165) is 12.3 Å². The van der Waals surface area contributed by atoms with E-state index in [4.69, 9.17) is 4.74 Å². The van der Waals surface area contributed by atoms with Crippen molar-refractivity contribution in [3.8, 4) is 5.75 Å². The second-order valence-electron chi connectivity index (χ2n) is 4.47. The lowest BCUT2D eigenvalue weighted by atomic mass is 10.2. The summed E-state index contributed by atoms with van der Waals surface area (Å²) in [4.78, 5) is 15.6. The third kappa shape index (κ3) is 4.29. The molecule has 1 aromatic carbocycles. The molecule has 0 atom stereocenters. The quantitative estimate of drug-likeness (QED) is 0.825. The lowest BCUT2D eigenvalue weighted by molar-refractivity contribution is 0.0593. The van der Waals surface area contributed by atoms with E-state index in [0.29, 0.717) is 12.3 Å². The highest BCUT2D eigenvalue weighted by Gasteiger charge is 2.07. The lowest BCUT2D eigenvalue weighted by Gasteiger charge is -2.07. The zero-order chi connectivity index (χ0) is 15.1. The van der Waals surface area contributed by atoms with E-state index in [1.54, 1.807) is 12.1 Å². The Morgan fingerprint density at radius 3 is 2.62 bits per heavy atom. The summed E-state index contributed by atoms with van der Waals surface area (Å²) in [6.07, 6.45) is 0. The molecule has 0 unspecified atom stereocenters. The molecule has 110 valence electrons. The van der Waals surface area contributed by atoms with Crippen LogP contribution in [0.25, 0.3) is 0 Å². The monoisotopic (exact) mass is 286 g/mol. The van der Waals surface area contributed by atoms with Crippen molar-refractivity contribution in [2.45, 2.75) is 13.2 Å². The van der Waals surface area contributed by atoms with E-state index in [2.05, 4.69) is 15.0 Å². The number of nitrogens with one attached hydrogen (secondary N) is 1. The van der Waals surface area contributed by atoms with Gasteiger partial charge in [0.1, 0.15) is 18.1 Å². The van der Waals surface area contributed by atoms with Crippen LogP contribution in [0.15, 0.2) is 42.5 Å². The van der Waals surface area contributed by atoms with Gasteiger partial charge in [-0.1, -0.05) is 18.2 Å². The maximum Gasteiger partial charge on any atom is 0.356 e. The number of benzene rings is 1. The highest BCUT2D eigenvalue weighted by molar-refractivity contribution is 5.87. The van der Waals surface area contributed by atoms with Crippen LogP contribution in [-0.2, 0) is 17.9 Å². The SMILES string of the molecule is CNCc1ccc(OCc2cccc(C(=O)OC)n2)cc1. The topological polar surface area (TPSA) is 60.5 Å². The van der Waals surface area contributed by atoms with Crippen LogP contribution in [0.5, 0.6) is 5.75 Å². The molecule has 0 bridgehead atoms. The molecule has 0 aliphatic carbocycles. The van der Waals surface area contributed by atoms with Gasteiger partial charge in [0.15, 0.2) is 0 Å². The highest BCUT2D eigenvalue weighted by Crippen LogP contribution is 2.14. The number of methoxy groups -OCH3 is 1. The zero-order valence-electron chi connectivity index (χ0n) is 12.1. The third-order valence-corrected chi connectivity index (χ3v) is 2.89. The number of aromatic nitrogens is 1. The molecule has 21 heavy (non-hydrogen) atoms. The minimum atomic E-state index is -0.451. The van der Waals surface area contributed by atoms with Gasteiger partial charge in [0.2, 0.25) is 0 Å². The molecule has 5 nitrogen and oxygen atoms in total. The maximum absolute atomic E-state index is 11.4. The third-order valence-electron chi connectivity index (χ3n) is 2.89. The van der Waals surface area contributed by atoms with Crippen LogP contribution in [-0.4, -0.2) is 25.1 Å². The molecule has 0 radical (unpaired) electrons. The van der Waals surface area contributed by atoms with Gasteiger partial charge in [-0.05, 0) is 36.9 Å². The Morgan fingerprint density at radius 1 is 1.19 bits per heavy atom. The Labute approximate surface area is 123 Å². The van der Waals surface area contributed by atoms with E-state index in [9.17, 15) is 4.79 Å². The van der Waals surface area contributed by atoms with Crippen LogP contribution >= 0.6 is 0 Å². The fourth-order valence-corrected chi connectivity index (χ4v) is 1.84. The van der Waals surface area contributed by atoms with Gasteiger partial charge in [-0.25, -0.2) is 9.78 Å². The standard InChI is InChI=1S/C16H18N2O3/c1-17-10-12-6-8-14(9-7-12)21-11-13-4-3-5-15(18-13)16(19)20-2/h3-9,17H,10-11H2,1-2H3. The van der Waals surface area contributed by atoms with Gasteiger partial charge >= 0.3 is 5.97 Å². The predicted molar refractivity (Wildman–Crippen MR) is 79.1 cm³/mol. The first-order chi connectivity index (χ1) is 10.2. The number of carbonyl (C=O) groups is 1. The van der Waals surface area contributed by atoms with Crippen molar-refractivity contribution in [2.75, 3.05) is 14.2 Å². The van der Waals surface area contributed by atoms with Crippen LogP contribution in [0.2, 0.25) is 0 Å². The second kappa shape index (κ2) is 7.40. The first kappa shape index (κ1) is 15.0. The van der Waals surface area contributed by atoms with Crippen molar-refractivity contribution < 1.29 is 14.3 Å². The van der Waals surface area contributed by atoms with E-state index < -0.39 is 5.97 Å². The molecule has 0 spiro atoms. The molecule has 0 fully saturated rings. The van der Waals surface area contributed by atoms with E-state index in [1.165, 1.54) is 12.7 Å². The van der Waals surface area contributed by atoms with Crippen molar-refractivity contribution in [1.29, 1.82) is 0 Å². The number of nitrogens with zero attached hydrogens (tertiary/aromatic N) is 1. The molecule has 2 rings (SSSR count). The van der Waals surface area contributed by atoms with Gasteiger partial charge in [0, 0.05) is 6.54 Å². The van der Waals surface area contributed by atoms with Crippen molar-refractivity contribution in [1.82, 2.24) is 10.3 Å². The zero-order valence-corrected chi connectivity index (χ0v) is 12.1. The summed E-state index contributed by atoms with van der Waals surface area (Å²) in [6.45, 7) is 1.12. The average molecular weight is 286 g/mol. The summed E-state index contributed by atoms with van der Waals surface area (Å²) in [5.41, 5.74) is 2.15. The molecule has 2 aromatic rings. The predicted octanol–water partition coefficient (Wildman–Crippen LogP) is 2.17. The number of pyridine rings is 1. The molecule has 0 aliphatic rings. The fraction of sp³-hybridized carbons (Fsp3) is 0.250. The highest BCUT2D eigenvalue weighted by atomic mass is 16.5. The number of rotatable bonds is 6. The van der Waals surface area contributed by atoms with E-state index >= 15 is 0 Å². The summed E-state index contributed by atoms with van der Waals surface area (Å²) in [5.74, 6) is 0.313. The molecule has 0 amide bonds. The van der Waals surface area contributed by atoms with Gasteiger partial charge in [-0.2, -0.15) is 0 Å². The molecule has 1 heterocycles. The van der Waals surface area contributed by atoms with Crippen molar-refractivity contribution in [3.63, 3.8) is 0 Å². The summed E-state index contributed by atoms with van der Waals surface area (Å²) < 4.78 is 10.3. The van der Waals surface area contributed by atoms with Crippen LogP contribution in [0.1, 0.15) is 21.7 Å². The number of ether oxygens (including phenoxy) is 2. The minimum absolute atomic E-state index is 0.281. The molecular formula is C16H18N2O3. The van der Waals surface area contributed by atoms with Gasteiger partial charge in [-0.3, -0.25) is 0 Å². The van der Waals surface area contributed by atoms with Crippen LogP contribution in [0.4, 0.5) is 0 Å². The number of hydrogen-bond acceptors (Lipinski definition) is 5. The molecule has 0 saturated heterocycles. The maximum atomic E-state index is 11.4. The van der Waals surface area contributed by atoms with Crippen LogP contribution in [0, 0.1) is 0 Å². The van der Waals surface area contributed by atoms with E-state index in [-0.39, 0.29) is 5.69 Å². The van der Waals surface area contributed by atoms with Crippen LogP contribution < -0.4 is 10.1 Å².